The Labute approximate surface area is 132 Å². The molecular formula is C12H21BrN4S2. The van der Waals surface area contributed by atoms with Crippen molar-refractivity contribution in [3.8, 4) is 0 Å². The van der Waals surface area contributed by atoms with Crippen LogP contribution in [0.5, 0.6) is 0 Å². The second kappa shape index (κ2) is 7.36. The fourth-order valence-electron chi connectivity index (χ4n) is 2.07. The molecule has 108 valence electrons. The van der Waals surface area contributed by atoms with Crippen LogP contribution in [0.1, 0.15) is 11.7 Å². The maximum Gasteiger partial charge on any atom is 0.0705 e. The number of hydrogen-bond donors (Lipinski definition) is 1. The predicted molar refractivity (Wildman–Crippen MR) is 89.0 cm³/mol. The van der Waals surface area contributed by atoms with Crippen LogP contribution in [-0.4, -0.2) is 57.8 Å². The summed E-state index contributed by atoms with van der Waals surface area (Å²) in [6.07, 6.45) is 1.87. The Kier molecular flexibility index (Phi) is 6.08. The van der Waals surface area contributed by atoms with Gasteiger partial charge in [0.15, 0.2) is 0 Å². The number of thioether (sulfide) groups is 2. The van der Waals surface area contributed by atoms with Crippen molar-refractivity contribution in [2.24, 2.45) is 5.73 Å². The van der Waals surface area contributed by atoms with E-state index in [9.17, 15) is 0 Å². The van der Waals surface area contributed by atoms with E-state index >= 15 is 0 Å². The molecule has 2 N–H and O–H groups in total. The number of aromatic nitrogens is 2. The Morgan fingerprint density at radius 3 is 3.00 bits per heavy atom. The van der Waals surface area contributed by atoms with Gasteiger partial charge in [0.05, 0.1) is 29.0 Å². The smallest absolute Gasteiger partial charge is 0.0705 e. The zero-order valence-electron chi connectivity index (χ0n) is 11.4. The average Bonchev–Trinajstić information content (AvgIpc) is 2.78. The molecule has 1 aromatic heterocycles. The Hall–Kier alpha value is 0.310. The van der Waals surface area contributed by atoms with E-state index in [1.165, 1.54) is 11.5 Å². The minimum atomic E-state index is 0.0526. The summed E-state index contributed by atoms with van der Waals surface area (Å²) in [6.45, 7) is 1.85. The average molecular weight is 365 g/mol. The fraction of sp³-hybridized carbons (Fsp3) is 0.750. The van der Waals surface area contributed by atoms with Gasteiger partial charge in [0, 0.05) is 29.1 Å². The number of likely N-dealkylation sites (N-methyl/N-ethyl adjacent to an activating group) is 1. The largest absolute Gasteiger partial charge is 0.322 e. The molecule has 0 amide bonds. The van der Waals surface area contributed by atoms with Gasteiger partial charge in [-0.25, -0.2) is 0 Å². The lowest BCUT2D eigenvalue weighted by Gasteiger charge is -2.27. The van der Waals surface area contributed by atoms with Crippen molar-refractivity contribution >= 4 is 39.5 Å². The molecule has 1 aromatic rings. The van der Waals surface area contributed by atoms with E-state index in [1.54, 1.807) is 0 Å². The van der Waals surface area contributed by atoms with Gasteiger partial charge in [0.1, 0.15) is 0 Å². The van der Waals surface area contributed by atoms with Crippen LogP contribution in [0.3, 0.4) is 0 Å². The van der Waals surface area contributed by atoms with E-state index in [0.717, 1.165) is 29.0 Å². The molecule has 4 nitrogen and oxygen atoms in total. The first kappa shape index (κ1) is 15.7. The van der Waals surface area contributed by atoms with Crippen LogP contribution in [0.4, 0.5) is 0 Å². The SMILES string of the molecule is CN(C)CCn1ncc(Br)c1C(N)C1CSCCS1. The normalized spacial score (nSPS) is 21.8. The fourth-order valence-corrected chi connectivity index (χ4v) is 5.40. The van der Waals surface area contributed by atoms with Crippen LogP contribution in [0.2, 0.25) is 0 Å². The molecule has 0 bridgehead atoms. The Bertz CT molecular complexity index is 404. The highest BCUT2D eigenvalue weighted by Gasteiger charge is 2.27. The topological polar surface area (TPSA) is 47.1 Å². The van der Waals surface area contributed by atoms with Gasteiger partial charge in [-0.2, -0.15) is 28.6 Å². The van der Waals surface area contributed by atoms with Crippen molar-refractivity contribution in [1.29, 1.82) is 0 Å². The molecule has 1 saturated heterocycles. The second-order valence-corrected chi connectivity index (χ2v) is 8.27. The number of halogens is 1. The molecule has 1 aliphatic rings. The molecule has 2 unspecified atom stereocenters. The standard InChI is InChI=1S/C12H21BrN4S2/c1-16(2)3-4-17-12(9(13)7-15-17)11(14)10-8-18-5-6-19-10/h7,10-11H,3-6,8,14H2,1-2H3. The van der Waals surface area contributed by atoms with Gasteiger partial charge in [-0.1, -0.05) is 0 Å². The van der Waals surface area contributed by atoms with Crippen molar-refractivity contribution in [1.82, 2.24) is 14.7 Å². The van der Waals surface area contributed by atoms with Crippen LogP contribution in [0.15, 0.2) is 10.7 Å². The third kappa shape index (κ3) is 4.14. The first-order valence-electron chi connectivity index (χ1n) is 6.40. The van der Waals surface area contributed by atoms with Gasteiger partial charge in [-0.15, -0.1) is 0 Å². The van der Waals surface area contributed by atoms with Crippen molar-refractivity contribution in [3.63, 3.8) is 0 Å². The summed E-state index contributed by atoms with van der Waals surface area (Å²) < 4.78 is 3.09. The second-order valence-electron chi connectivity index (χ2n) is 4.91. The quantitative estimate of drug-likeness (QED) is 0.866. The van der Waals surface area contributed by atoms with Crippen LogP contribution >= 0.6 is 39.5 Å². The third-order valence-electron chi connectivity index (χ3n) is 3.15. The summed E-state index contributed by atoms with van der Waals surface area (Å²) in [4.78, 5) is 2.16. The van der Waals surface area contributed by atoms with Crippen molar-refractivity contribution in [2.45, 2.75) is 17.8 Å². The van der Waals surface area contributed by atoms with Crippen molar-refractivity contribution in [3.05, 3.63) is 16.4 Å². The number of rotatable bonds is 5. The maximum absolute atomic E-state index is 6.48. The Morgan fingerprint density at radius 2 is 2.37 bits per heavy atom. The molecule has 0 aromatic carbocycles. The molecule has 2 atom stereocenters. The van der Waals surface area contributed by atoms with Gasteiger partial charge in [-0.3, -0.25) is 4.68 Å². The summed E-state index contributed by atoms with van der Waals surface area (Å²) in [5.74, 6) is 3.58. The van der Waals surface area contributed by atoms with E-state index in [1.807, 2.05) is 29.7 Å². The van der Waals surface area contributed by atoms with Crippen molar-refractivity contribution < 1.29 is 0 Å². The first-order valence-corrected chi connectivity index (χ1v) is 9.40. The highest BCUT2D eigenvalue weighted by molar-refractivity contribution is 9.10. The molecule has 0 saturated carbocycles. The molecule has 2 heterocycles. The van der Waals surface area contributed by atoms with Gasteiger partial charge >= 0.3 is 0 Å². The van der Waals surface area contributed by atoms with E-state index in [0.29, 0.717) is 5.25 Å². The summed E-state index contributed by atoms with van der Waals surface area (Å²) in [7, 11) is 4.15. The minimum Gasteiger partial charge on any atom is -0.322 e. The molecule has 7 heteroatoms. The molecule has 2 rings (SSSR count). The zero-order valence-corrected chi connectivity index (χ0v) is 14.6. The lowest BCUT2D eigenvalue weighted by Crippen LogP contribution is -2.32. The molecular weight excluding hydrogens is 344 g/mol. The van der Waals surface area contributed by atoms with Crippen LogP contribution in [0.25, 0.3) is 0 Å². The van der Waals surface area contributed by atoms with Gasteiger partial charge < -0.3 is 10.6 Å². The van der Waals surface area contributed by atoms with Crippen LogP contribution in [-0.2, 0) is 6.54 Å². The van der Waals surface area contributed by atoms with Crippen molar-refractivity contribution in [2.75, 3.05) is 37.9 Å². The summed E-state index contributed by atoms with van der Waals surface area (Å²) in [5.41, 5.74) is 7.62. The molecule has 1 aliphatic heterocycles. The lowest BCUT2D eigenvalue weighted by atomic mass is 10.1. The van der Waals surface area contributed by atoms with Gasteiger partial charge in [0.25, 0.3) is 0 Å². The number of hydrogen-bond acceptors (Lipinski definition) is 5. The highest BCUT2D eigenvalue weighted by atomic mass is 79.9. The number of nitrogens with zero attached hydrogens (tertiary/aromatic N) is 3. The summed E-state index contributed by atoms with van der Waals surface area (Å²) >= 11 is 7.60. The van der Waals surface area contributed by atoms with E-state index in [-0.39, 0.29) is 6.04 Å². The number of nitrogens with two attached hydrogens (primary N) is 1. The highest BCUT2D eigenvalue weighted by Crippen LogP contribution is 2.34. The maximum atomic E-state index is 6.48. The lowest BCUT2D eigenvalue weighted by molar-refractivity contribution is 0.366. The summed E-state index contributed by atoms with van der Waals surface area (Å²) in [5, 5.41) is 4.94. The van der Waals surface area contributed by atoms with Crippen LogP contribution < -0.4 is 5.73 Å². The van der Waals surface area contributed by atoms with Gasteiger partial charge in [0.2, 0.25) is 0 Å². The molecule has 19 heavy (non-hydrogen) atoms. The Morgan fingerprint density at radius 1 is 1.58 bits per heavy atom. The minimum absolute atomic E-state index is 0.0526. The molecule has 0 aliphatic carbocycles. The molecule has 0 spiro atoms. The van der Waals surface area contributed by atoms with Gasteiger partial charge in [-0.05, 0) is 30.0 Å². The third-order valence-corrected chi connectivity index (χ3v) is 6.65. The molecule has 0 radical (unpaired) electrons. The molecule has 1 fully saturated rings. The predicted octanol–water partition coefficient (Wildman–Crippen LogP) is 2.06. The van der Waals surface area contributed by atoms with E-state index in [2.05, 4.69) is 44.7 Å². The van der Waals surface area contributed by atoms with Crippen LogP contribution in [0, 0.1) is 0 Å². The zero-order chi connectivity index (χ0) is 13.8. The Balaban J connectivity index is 2.10. The van der Waals surface area contributed by atoms with E-state index in [4.69, 9.17) is 5.73 Å². The first-order chi connectivity index (χ1) is 9.09. The monoisotopic (exact) mass is 364 g/mol. The van der Waals surface area contributed by atoms with E-state index < -0.39 is 0 Å². The summed E-state index contributed by atoms with van der Waals surface area (Å²) in [6, 6.07) is 0.0526.